The maximum atomic E-state index is 5.66. The average Bonchev–Trinajstić information content (AvgIpc) is 2.32. The standard InChI is InChI=1S/C7H13N3/c1-3-7(4-2)5-9-10-6(7)8/h5H,3-4H2,1-2H3,(H2,8,10). The number of rotatable bonds is 2. The first-order chi connectivity index (χ1) is 4.75. The molecule has 0 fully saturated rings. The number of amidine groups is 1. The van der Waals surface area contributed by atoms with Crippen molar-refractivity contribution < 1.29 is 0 Å². The Morgan fingerprint density at radius 2 is 2.10 bits per heavy atom. The summed E-state index contributed by atoms with van der Waals surface area (Å²) >= 11 is 0. The molecule has 0 atom stereocenters. The highest BCUT2D eigenvalue weighted by Gasteiger charge is 2.31. The van der Waals surface area contributed by atoms with Crippen molar-refractivity contribution in [3.8, 4) is 0 Å². The first-order valence-electron chi connectivity index (χ1n) is 3.63. The minimum absolute atomic E-state index is 0.0278. The van der Waals surface area contributed by atoms with E-state index >= 15 is 0 Å². The molecule has 0 aromatic rings. The third kappa shape index (κ3) is 0.818. The SMILES string of the molecule is CCC1(CC)C=NN=C1N. The Balaban J connectivity index is 2.84. The Labute approximate surface area is 61.0 Å². The summed E-state index contributed by atoms with van der Waals surface area (Å²) in [6.45, 7) is 4.20. The van der Waals surface area contributed by atoms with Crippen LogP contribution in [0.5, 0.6) is 0 Å². The molecular weight excluding hydrogens is 126 g/mol. The smallest absolute Gasteiger partial charge is 0.134 e. The molecule has 56 valence electrons. The molecule has 3 nitrogen and oxygen atoms in total. The fourth-order valence-electron chi connectivity index (χ4n) is 1.16. The van der Waals surface area contributed by atoms with Crippen LogP contribution in [0, 0.1) is 5.41 Å². The maximum Gasteiger partial charge on any atom is 0.134 e. The summed E-state index contributed by atoms with van der Waals surface area (Å²) in [7, 11) is 0. The van der Waals surface area contributed by atoms with E-state index in [4.69, 9.17) is 5.73 Å². The predicted molar refractivity (Wildman–Crippen MR) is 43.1 cm³/mol. The van der Waals surface area contributed by atoms with Gasteiger partial charge in [0.1, 0.15) is 5.84 Å². The zero-order valence-corrected chi connectivity index (χ0v) is 6.46. The van der Waals surface area contributed by atoms with Crippen LogP contribution >= 0.6 is 0 Å². The second kappa shape index (κ2) is 2.40. The highest BCUT2D eigenvalue weighted by Crippen LogP contribution is 2.27. The maximum absolute atomic E-state index is 5.66. The molecule has 0 aromatic carbocycles. The van der Waals surface area contributed by atoms with E-state index in [9.17, 15) is 0 Å². The van der Waals surface area contributed by atoms with Gasteiger partial charge in [-0.1, -0.05) is 13.8 Å². The van der Waals surface area contributed by atoms with E-state index < -0.39 is 0 Å². The van der Waals surface area contributed by atoms with E-state index in [0.29, 0.717) is 5.84 Å². The molecule has 2 N–H and O–H groups in total. The van der Waals surface area contributed by atoms with Gasteiger partial charge >= 0.3 is 0 Å². The molecule has 0 bridgehead atoms. The number of hydrogen-bond acceptors (Lipinski definition) is 3. The summed E-state index contributed by atoms with van der Waals surface area (Å²) < 4.78 is 0. The van der Waals surface area contributed by atoms with Crippen molar-refractivity contribution in [2.45, 2.75) is 26.7 Å². The van der Waals surface area contributed by atoms with Crippen molar-refractivity contribution >= 4 is 12.1 Å². The third-order valence-electron chi connectivity index (χ3n) is 2.24. The van der Waals surface area contributed by atoms with Gasteiger partial charge in [-0.05, 0) is 12.8 Å². The van der Waals surface area contributed by atoms with Crippen molar-refractivity contribution in [2.75, 3.05) is 0 Å². The van der Waals surface area contributed by atoms with Crippen molar-refractivity contribution in [1.82, 2.24) is 0 Å². The largest absolute Gasteiger partial charge is 0.385 e. The van der Waals surface area contributed by atoms with Crippen LogP contribution in [0.25, 0.3) is 0 Å². The molecule has 0 aliphatic carbocycles. The lowest BCUT2D eigenvalue weighted by Gasteiger charge is -2.21. The van der Waals surface area contributed by atoms with Crippen LogP contribution in [0.2, 0.25) is 0 Å². The van der Waals surface area contributed by atoms with Crippen molar-refractivity contribution in [3.05, 3.63) is 0 Å². The molecular formula is C7H13N3. The normalized spacial score (nSPS) is 21.2. The van der Waals surface area contributed by atoms with Crippen LogP contribution in [0.1, 0.15) is 26.7 Å². The average molecular weight is 139 g/mol. The zero-order valence-electron chi connectivity index (χ0n) is 6.46. The van der Waals surface area contributed by atoms with Crippen molar-refractivity contribution in [1.29, 1.82) is 0 Å². The fraction of sp³-hybridized carbons (Fsp3) is 0.714. The molecule has 10 heavy (non-hydrogen) atoms. The summed E-state index contributed by atoms with van der Waals surface area (Å²) in [6, 6.07) is 0. The van der Waals surface area contributed by atoms with Crippen LogP contribution in [0.3, 0.4) is 0 Å². The van der Waals surface area contributed by atoms with Crippen LogP contribution in [0.15, 0.2) is 10.2 Å². The lowest BCUT2D eigenvalue weighted by atomic mass is 9.83. The highest BCUT2D eigenvalue weighted by atomic mass is 15.3. The quantitative estimate of drug-likeness (QED) is 0.613. The van der Waals surface area contributed by atoms with Crippen LogP contribution in [-0.2, 0) is 0 Å². The van der Waals surface area contributed by atoms with Crippen LogP contribution in [-0.4, -0.2) is 12.1 Å². The minimum Gasteiger partial charge on any atom is -0.385 e. The van der Waals surface area contributed by atoms with Gasteiger partial charge in [-0.3, -0.25) is 0 Å². The summed E-state index contributed by atoms with van der Waals surface area (Å²) in [5.74, 6) is 0.664. The van der Waals surface area contributed by atoms with E-state index in [-0.39, 0.29) is 5.41 Å². The van der Waals surface area contributed by atoms with Gasteiger partial charge in [-0.2, -0.15) is 5.10 Å². The van der Waals surface area contributed by atoms with Gasteiger partial charge in [-0.15, -0.1) is 5.10 Å². The van der Waals surface area contributed by atoms with Gasteiger partial charge in [0.2, 0.25) is 0 Å². The Morgan fingerprint density at radius 1 is 1.50 bits per heavy atom. The molecule has 1 aliphatic heterocycles. The van der Waals surface area contributed by atoms with Gasteiger partial charge in [-0.25, -0.2) is 0 Å². The van der Waals surface area contributed by atoms with Gasteiger partial charge in [0.05, 0.1) is 5.41 Å². The molecule has 3 heteroatoms. The fourth-order valence-corrected chi connectivity index (χ4v) is 1.16. The van der Waals surface area contributed by atoms with E-state index in [0.717, 1.165) is 12.8 Å². The van der Waals surface area contributed by atoms with E-state index in [2.05, 4.69) is 24.1 Å². The molecule has 0 saturated heterocycles. The molecule has 1 aliphatic rings. The monoisotopic (exact) mass is 139 g/mol. The Hall–Kier alpha value is -0.860. The summed E-state index contributed by atoms with van der Waals surface area (Å²) in [5.41, 5.74) is 5.63. The molecule has 0 saturated carbocycles. The Bertz CT molecular complexity index is 177. The summed E-state index contributed by atoms with van der Waals surface area (Å²) in [4.78, 5) is 0. The number of nitrogens with two attached hydrogens (primary N) is 1. The second-order valence-electron chi connectivity index (χ2n) is 2.59. The van der Waals surface area contributed by atoms with E-state index in [1.807, 2.05) is 6.21 Å². The molecule has 0 unspecified atom stereocenters. The van der Waals surface area contributed by atoms with Gasteiger partial charge in [0.15, 0.2) is 0 Å². The predicted octanol–water partition coefficient (Wildman–Crippen LogP) is 1.15. The molecule has 0 amide bonds. The highest BCUT2D eigenvalue weighted by molar-refractivity contribution is 6.03. The van der Waals surface area contributed by atoms with Gasteiger partial charge in [0.25, 0.3) is 0 Å². The lowest BCUT2D eigenvalue weighted by Crippen LogP contribution is -2.34. The zero-order chi connectivity index (χ0) is 7.61. The third-order valence-corrected chi connectivity index (χ3v) is 2.24. The van der Waals surface area contributed by atoms with Crippen molar-refractivity contribution in [3.63, 3.8) is 0 Å². The lowest BCUT2D eigenvalue weighted by molar-refractivity contribution is 0.547. The van der Waals surface area contributed by atoms with E-state index in [1.54, 1.807) is 0 Å². The first-order valence-corrected chi connectivity index (χ1v) is 3.63. The molecule has 1 heterocycles. The van der Waals surface area contributed by atoms with Gasteiger partial charge in [0, 0.05) is 6.21 Å². The second-order valence-corrected chi connectivity index (χ2v) is 2.59. The molecule has 0 radical (unpaired) electrons. The molecule has 0 spiro atoms. The van der Waals surface area contributed by atoms with Crippen LogP contribution < -0.4 is 5.73 Å². The molecule has 1 rings (SSSR count). The number of hydrogen-bond donors (Lipinski definition) is 1. The van der Waals surface area contributed by atoms with E-state index in [1.165, 1.54) is 0 Å². The topological polar surface area (TPSA) is 50.7 Å². The first kappa shape index (κ1) is 7.25. The van der Waals surface area contributed by atoms with Crippen molar-refractivity contribution in [2.24, 2.45) is 21.4 Å². The minimum atomic E-state index is -0.0278. The summed E-state index contributed by atoms with van der Waals surface area (Å²) in [6.07, 6.45) is 3.83. The summed E-state index contributed by atoms with van der Waals surface area (Å²) in [5, 5.41) is 7.59. The Kier molecular flexibility index (Phi) is 1.74. The van der Waals surface area contributed by atoms with Crippen LogP contribution in [0.4, 0.5) is 0 Å². The molecule has 0 aromatic heterocycles. The number of nitrogens with zero attached hydrogens (tertiary/aromatic N) is 2. The van der Waals surface area contributed by atoms with Gasteiger partial charge < -0.3 is 5.73 Å². The Morgan fingerprint density at radius 3 is 2.30 bits per heavy atom.